The molecule has 0 heterocycles. The highest BCUT2D eigenvalue weighted by Crippen LogP contribution is 2.28. The number of halogens is 4. The van der Waals surface area contributed by atoms with Gasteiger partial charge in [-0.3, -0.25) is 4.79 Å². The van der Waals surface area contributed by atoms with Gasteiger partial charge in [-0.25, -0.2) is 4.79 Å². The molecular weight excluding hydrogens is 384 g/mol. The lowest BCUT2D eigenvalue weighted by Gasteiger charge is -2.11. The molecule has 0 spiro atoms. The molecule has 0 aliphatic carbocycles. The summed E-state index contributed by atoms with van der Waals surface area (Å²) in [5.74, 6) is -2.24. The lowest BCUT2D eigenvalue weighted by molar-refractivity contribution is -0.0544. The number of esters is 1. The SMILES string of the molecule is COC(=O)c1ccc(/C=C/C(=O)c2ccc(OC(F)F)cc2OC(F)F)cc1. The second-order valence-corrected chi connectivity index (χ2v) is 5.23. The van der Waals surface area contributed by atoms with E-state index in [1.54, 1.807) is 12.1 Å². The number of carbonyl (C=O) groups is 2. The van der Waals surface area contributed by atoms with Crippen LogP contribution in [0.2, 0.25) is 0 Å². The van der Waals surface area contributed by atoms with Crippen LogP contribution in [0.5, 0.6) is 11.5 Å². The molecule has 148 valence electrons. The first kappa shape index (κ1) is 20.9. The van der Waals surface area contributed by atoms with Crippen molar-refractivity contribution >= 4 is 17.8 Å². The average molecular weight is 398 g/mol. The smallest absolute Gasteiger partial charge is 0.387 e. The van der Waals surface area contributed by atoms with Gasteiger partial charge < -0.3 is 14.2 Å². The number of methoxy groups -OCH3 is 1. The van der Waals surface area contributed by atoms with Crippen molar-refractivity contribution in [2.45, 2.75) is 13.2 Å². The van der Waals surface area contributed by atoms with Crippen LogP contribution in [0.25, 0.3) is 6.08 Å². The van der Waals surface area contributed by atoms with E-state index in [1.165, 1.54) is 25.3 Å². The minimum Gasteiger partial charge on any atom is -0.465 e. The summed E-state index contributed by atoms with van der Waals surface area (Å²) in [6.07, 6.45) is 2.48. The van der Waals surface area contributed by atoms with Gasteiger partial charge in [-0.2, -0.15) is 17.6 Å². The minimum absolute atomic E-state index is 0.260. The molecule has 0 bridgehead atoms. The van der Waals surface area contributed by atoms with Crippen LogP contribution in [0.3, 0.4) is 0 Å². The topological polar surface area (TPSA) is 61.8 Å². The van der Waals surface area contributed by atoms with E-state index >= 15 is 0 Å². The quantitative estimate of drug-likeness (QED) is 0.282. The Morgan fingerprint density at radius 1 is 0.929 bits per heavy atom. The van der Waals surface area contributed by atoms with Crippen LogP contribution in [0.1, 0.15) is 26.3 Å². The van der Waals surface area contributed by atoms with E-state index in [1.807, 2.05) is 0 Å². The summed E-state index contributed by atoms with van der Waals surface area (Å²) >= 11 is 0. The molecule has 0 aromatic heterocycles. The highest BCUT2D eigenvalue weighted by molar-refractivity contribution is 6.08. The Hall–Kier alpha value is -3.36. The number of carbonyl (C=O) groups excluding carboxylic acids is 2. The van der Waals surface area contributed by atoms with Crippen molar-refractivity contribution in [2.75, 3.05) is 7.11 Å². The summed E-state index contributed by atoms with van der Waals surface area (Å²) in [5, 5.41) is 0. The van der Waals surface area contributed by atoms with Crippen molar-refractivity contribution in [3.63, 3.8) is 0 Å². The number of hydrogen-bond donors (Lipinski definition) is 0. The van der Waals surface area contributed by atoms with Crippen molar-refractivity contribution in [1.29, 1.82) is 0 Å². The van der Waals surface area contributed by atoms with Gasteiger partial charge in [0.1, 0.15) is 11.5 Å². The van der Waals surface area contributed by atoms with Crippen molar-refractivity contribution in [3.05, 3.63) is 65.2 Å². The van der Waals surface area contributed by atoms with Crippen molar-refractivity contribution in [2.24, 2.45) is 0 Å². The van der Waals surface area contributed by atoms with Gasteiger partial charge in [0.15, 0.2) is 5.78 Å². The molecule has 28 heavy (non-hydrogen) atoms. The van der Waals surface area contributed by atoms with Crippen LogP contribution < -0.4 is 9.47 Å². The Balaban J connectivity index is 2.22. The fraction of sp³-hybridized carbons (Fsp3) is 0.158. The second kappa shape index (κ2) is 9.54. The minimum atomic E-state index is -3.26. The highest BCUT2D eigenvalue weighted by atomic mass is 19.3. The number of hydrogen-bond acceptors (Lipinski definition) is 5. The normalized spacial score (nSPS) is 11.1. The highest BCUT2D eigenvalue weighted by Gasteiger charge is 2.17. The van der Waals surface area contributed by atoms with Gasteiger partial charge >= 0.3 is 19.2 Å². The molecule has 0 amide bonds. The Kier molecular flexibility index (Phi) is 7.14. The molecule has 5 nitrogen and oxygen atoms in total. The summed E-state index contributed by atoms with van der Waals surface area (Å²) in [6.45, 7) is -6.42. The molecule has 0 atom stereocenters. The van der Waals surface area contributed by atoms with Crippen molar-refractivity contribution in [1.82, 2.24) is 0 Å². The largest absolute Gasteiger partial charge is 0.465 e. The van der Waals surface area contributed by atoms with E-state index < -0.39 is 36.5 Å². The Bertz CT molecular complexity index is 863. The van der Waals surface area contributed by atoms with E-state index in [4.69, 9.17) is 0 Å². The Morgan fingerprint density at radius 3 is 2.14 bits per heavy atom. The number of ether oxygens (including phenoxy) is 3. The second-order valence-electron chi connectivity index (χ2n) is 5.23. The monoisotopic (exact) mass is 398 g/mol. The first-order valence-corrected chi connectivity index (χ1v) is 7.74. The molecule has 2 aromatic rings. The van der Waals surface area contributed by atoms with E-state index in [0.717, 1.165) is 24.3 Å². The molecule has 0 aliphatic rings. The zero-order valence-electron chi connectivity index (χ0n) is 14.4. The number of allylic oxidation sites excluding steroid dienone is 1. The molecule has 2 aromatic carbocycles. The van der Waals surface area contributed by atoms with Crippen molar-refractivity contribution in [3.8, 4) is 11.5 Å². The fourth-order valence-electron chi connectivity index (χ4n) is 2.19. The number of benzene rings is 2. The first-order valence-electron chi connectivity index (χ1n) is 7.74. The zero-order valence-corrected chi connectivity index (χ0v) is 14.4. The van der Waals surface area contributed by atoms with Crippen LogP contribution in [0.4, 0.5) is 17.6 Å². The lowest BCUT2D eigenvalue weighted by Crippen LogP contribution is -2.08. The molecule has 9 heteroatoms. The summed E-state index contributed by atoms with van der Waals surface area (Å²) < 4.78 is 62.6. The molecule has 0 saturated heterocycles. The molecule has 0 radical (unpaired) electrons. The van der Waals surface area contributed by atoms with Gasteiger partial charge in [0.2, 0.25) is 0 Å². The zero-order chi connectivity index (χ0) is 20.7. The maximum Gasteiger partial charge on any atom is 0.387 e. The lowest BCUT2D eigenvalue weighted by atomic mass is 10.1. The molecule has 0 unspecified atom stereocenters. The maximum absolute atomic E-state index is 12.6. The molecule has 0 aliphatic heterocycles. The number of ketones is 1. The fourth-order valence-corrected chi connectivity index (χ4v) is 2.19. The van der Waals surface area contributed by atoms with Gasteiger partial charge in [-0.15, -0.1) is 0 Å². The number of alkyl halides is 4. The van der Waals surface area contributed by atoms with E-state index in [2.05, 4.69) is 14.2 Å². The van der Waals surface area contributed by atoms with Gasteiger partial charge in [0, 0.05) is 6.07 Å². The van der Waals surface area contributed by atoms with E-state index in [9.17, 15) is 27.2 Å². The Labute approximate surface area is 157 Å². The molecule has 0 saturated carbocycles. The van der Waals surface area contributed by atoms with Gasteiger partial charge in [0.25, 0.3) is 0 Å². The van der Waals surface area contributed by atoms with Gasteiger partial charge in [-0.05, 0) is 35.9 Å². The summed E-state index contributed by atoms with van der Waals surface area (Å²) in [7, 11) is 1.24. The summed E-state index contributed by atoms with van der Waals surface area (Å²) in [6, 6.07) is 8.93. The van der Waals surface area contributed by atoms with E-state index in [-0.39, 0.29) is 5.56 Å². The van der Waals surface area contributed by atoms with Crippen LogP contribution in [-0.4, -0.2) is 32.1 Å². The van der Waals surface area contributed by atoms with Crippen LogP contribution in [0, 0.1) is 0 Å². The molecular formula is C19H14F4O5. The third-order valence-corrected chi connectivity index (χ3v) is 3.42. The average Bonchev–Trinajstić information content (AvgIpc) is 2.65. The van der Waals surface area contributed by atoms with Crippen LogP contribution in [0.15, 0.2) is 48.5 Å². The van der Waals surface area contributed by atoms with Gasteiger partial charge in [0.05, 0.1) is 18.2 Å². The molecule has 2 rings (SSSR count). The summed E-state index contributed by atoms with van der Waals surface area (Å²) in [5.41, 5.74) is 0.604. The third kappa shape index (κ3) is 5.83. The summed E-state index contributed by atoms with van der Waals surface area (Å²) in [4.78, 5) is 23.7. The van der Waals surface area contributed by atoms with Crippen LogP contribution >= 0.6 is 0 Å². The molecule has 0 N–H and O–H groups in total. The predicted octanol–water partition coefficient (Wildman–Crippen LogP) is 4.57. The van der Waals surface area contributed by atoms with Gasteiger partial charge in [-0.1, -0.05) is 18.2 Å². The van der Waals surface area contributed by atoms with E-state index in [0.29, 0.717) is 11.1 Å². The first-order chi connectivity index (χ1) is 13.3. The standard InChI is InChI=1S/C19H14F4O5/c1-26-17(25)12-5-2-11(3-6-12)4-9-15(24)14-8-7-13(27-18(20)21)10-16(14)28-19(22)23/h2-10,18-19H,1H3/b9-4+. The molecule has 0 fully saturated rings. The number of rotatable bonds is 8. The van der Waals surface area contributed by atoms with Crippen molar-refractivity contribution < 1.29 is 41.4 Å². The maximum atomic E-state index is 12.6. The predicted molar refractivity (Wildman–Crippen MR) is 90.9 cm³/mol. The Morgan fingerprint density at radius 2 is 1.57 bits per heavy atom. The third-order valence-electron chi connectivity index (χ3n) is 3.42. The van der Waals surface area contributed by atoms with Crippen LogP contribution in [-0.2, 0) is 4.74 Å².